The van der Waals surface area contributed by atoms with E-state index in [0.717, 1.165) is 6.08 Å². The first-order valence-corrected chi connectivity index (χ1v) is 5.98. The van der Waals surface area contributed by atoms with Gasteiger partial charge < -0.3 is 40.7 Å². The Kier molecular flexibility index (Phi) is 6.05. The zero-order valence-electron chi connectivity index (χ0n) is 10.8. The van der Waals surface area contributed by atoms with Gasteiger partial charge in [-0.2, -0.15) is 0 Å². The van der Waals surface area contributed by atoms with Crippen LogP contribution in [0.2, 0.25) is 0 Å². The van der Waals surface area contributed by atoms with Gasteiger partial charge in [-0.1, -0.05) is 0 Å². The number of carboxylic acid groups (broad SMARTS) is 1. The van der Waals surface area contributed by atoms with Gasteiger partial charge >= 0.3 is 5.97 Å². The minimum absolute atomic E-state index is 0.675. The average Bonchev–Trinajstić information content (AvgIpc) is 2.46. The molecule has 0 aromatic rings. The van der Waals surface area contributed by atoms with Crippen molar-refractivity contribution in [2.75, 3.05) is 13.2 Å². The summed E-state index contributed by atoms with van der Waals surface area (Å²) >= 11 is 0. The van der Waals surface area contributed by atoms with Crippen LogP contribution >= 0.6 is 0 Å². The summed E-state index contributed by atoms with van der Waals surface area (Å²) in [5, 5.41) is 57.5. The monoisotopic (exact) mass is 307 g/mol. The Bertz CT molecular complexity index is 424. The highest BCUT2D eigenvalue weighted by Crippen LogP contribution is 2.22. The largest absolute Gasteiger partial charge is 0.478 e. The van der Waals surface area contributed by atoms with Crippen molar-refractivity contribution in [1.29, 1.82) is 0 Å². The van der Waals surface area contributed by atoms with Gasteiger partial charge in [-0.25, -0.2) is 4.79 Å². The highest BCUT2D eigenvalue weighted by molar-refractivity contribution is 5.84. The van der Waals surface area contributed by atoms with Crippen LogP contribution in [0.15, 0.2) is 11.8 Å². The van der Waals surface area contributed by atoms with Gasteiger partial charge in [0.1, 0.15) is 24.9 Å². The van der Waals surface area contributed by atoms with E-state index in [1.807, 2.05) is 0 Å². The fourth-order valence-corrected chi connectivity index (χ4v) is 1.84. The van der Waals surface area contributed by atoms with Crippen LogP contribution in [0.1, 0.15) is 0 Å². The second kappa shape index (κ2) is 7.33. The molecule has 0 aromatic carbocycles. The highest BCUT2D eigenvalue weighted by Gasteiger charge is 2.43. The third-order valence-electron chi connectivity index (χ3n) is 2.91. The second-order valence-electron chi connectivity index (χ2n) is 4.40. The van der Waals surface area contributed by atoms with E-state index in [0.29, 0.717) is 0 Å². The first-order chi connectivity index (χ1) is 9.81. The number of hydrogen-bond donors (Lipinski definition) is 7. The molecule has 10 heteroatoms. The molecule has 1 rings (SSSR count). The average molecular weight is 307 g/mol. The number of amides is 1. The summed E-state index contributed by atoms with van der Waals surface area (Å²) < 4.78 is 4.95. The molecule has 1 aliphatic rings. The zero-order chi connectivity index (χ0) is 16.2. The number of ether oxygens (including phenoxy) is 1. The Balaban J connectivity index is 3.04. The molecule has 5 atom stereocenters. The summed E-state index contributed by atoms with van der Waals surface area (Å²) in [7, 11) is 0. The van der Waals surface area contributed by atoms with Gasteiger partial charge in [-0.05, 0) is 6.08 Å². The smallest absolute Gasteiger partial charge is 0.370 e. The molecule has 21 heavy (non-hydrogen) atoms. The maximum absolute atomic E-state index is 11.2. The van der Waals surface area contributed by atoms with E-state index in [1.165, 1.54) is 0 Å². The third kappa shape index (κ3) is 4.12. The molecule has 0 radical (unpaired) electrons. The fourth-order valence-electron chi connectivity index (χ4n) is 1.84. The molecule has 7 N–H and O–H groups in total. The summed E-state index contributed by atoms with van der Waals surface area (Å²) in [6.07, 6.45) is -5.72. The maximum atomic E-state index is 11.2. The molecule has 0 fully saturated rings. The van der Waals surface area contributed by atoms with Crippen LogP contribution in [0.3, 0.4) is 0 Å². The molecule has 0 aromatic heterocycles. The van der Waals surface area contributed by atoms with Gasteiger partial charge in [0.15, 0.2) is 6.10 Å². The molecular formula is C11H17NO9. The molecule has 1 amide bonds. The Morgan fingerprint density at radius 2 is 1.95 bits per heavy atom. The van der Waals surface area contributed by atoms with Crippen LogP contribution in [-0.2, 0) is 14.3 Å². The molecule has 1 aliphatic heterocycles. The van der Waals surface area contributed by atoms with Crippen molar-refractivity contribution in [2.45, 2.75) is 30.5 Å². The number of aliphatic hydroxyl groups is 5. The molecule has 0 bridgehead atoms. The first-order valence-electron chi connectivity index (χ1n) is 5.98. The lowest BCUT2D eigenvalue weighted by Crippen LogP contribution is -2.60. The minimum Gasteiger partial charge on any atom is -0.478 e. The SMILES string of the molecule is O=C(CO)N[C@H]1[C@H]([C@@H](O)[C@H](O)CO)OC(C(=O)O)=C[C@@H]1O. The molecular weight excluding hydrogens is 290 g/mol. The van der Waals surface area contributed by atoms with E-state index in [9.17, 15) is 24.9 Å². The Morgan fingerprint density at radius 1 is 1.33 bits per heavy atom. The first kappa shape index (κ1) is 17.3. The lowest BCUT2D eigenvalue weighted by atomic mass is 9.94. The molecule has 0 spiro atoms. The number of carbonyl (C=O) groups is 2. The van der Waals surface area contributed by atoms with Crippen molar-refractivity contribution < 1.29 is 45.0 Å². The van der Waals surface area contributed by atoms with Crippen molar-refractivity contribution in [3.63, 3.8) is 0 Å². The molecule has 0 unspecified atom stereocenters. The number of nitrogens with one attached hydrogen (secondary N) is 1. The van der Waals surface area contributed by atoms with Crippen LogP contribution < -0.4 is 5.32 Å². The number of carboxylic acids is 1. The molecule has 1 heterocycles. The topological polar surface area (TPSA) is 177 Å². The van der Waals surface area contributed by atoms with E-state index < -0.39 is 61.3 Å². The molecule has 0 saturated carbocycles. The fraction of sp³-hybridized carbons (Fsp3) is 0.636. The van der Waals surface area contributed by atoms with Gasteiger partial charge in [0.25, 0.3) is 0 Å². The minimum atomic E-state index is -1.78. The van der Waals surface area contributed by atoms with Gasteiger partial charge in [-0.3, -0.25) is 4.79 Å². The van der Waals surface area contributed by atoms with Gasteiger partial charge in [0.2, 0.25) is 11.7 Å². The van der Waals surface area contributed by atoms with Gasteiger partial charge in [0.05, 0.1) is 12.6 Å². The lowest BCUT2D eigenvalue weighted by molar-refractivity contribution is -0.150. The van der Waals surface area contributed by atoms with E-state index in [-0.39, 0.29) is 0 Å². The summed E-state index contributed by atoms with van der Waals surface area (Å²) in [5.74, 6) is -3.09. The van der Waals surface area contributed by atoms with E-state index in [2.05, 4.69) is 5.32 Å². The summed E-state index contributed by atoms with van der Waals surface area (Å²) in [6.45, 7) is -1.74. The number of rotatable bonds is 6. The number of aliphatic carboxylic acids is 1. The summed E-state index contributed by atoms with van der Waals surface area (Å²) in [4.78, 5) is 22.1. The van der Waals surface area contributed by atoms with E-state index >= 15 is 0 Å². The van der Waals surface area contributed by atoms with Gasteiger partial charge in [-0.15, -0.1) is 0 Å². The molecule has 0 saturated heterocycles. The highest BCUT2D eigenvalue weighted by atomic mass is 16.5. The van der Waals surface area contributed by atoms with Crippen LogP contribution in [-0.4, -0.2) is 86.2 Å². The van der Waals surface area contributed by atoms with Crippen LogP contribution in [0, 0.1) is 0 Å². The van der Waals surface area contributed by atoms with Crippen LogP contribution in [0.4, 0.5) is 0 Å². The predicted octanol–water partition coefficient (Wildman–Crippen LogP) is -4.09. The normalized spacial score (nSPS) is 28.0. The summed E-state index contributed by atoms with van der Waals surface area (Å²) in [5.41, 5.74) is 0. The summed E-state index contributed by atoms with van der Waals surface area (Å²) in [6, 6.07) is -1.32. The van der Waals surface area contributed by atoms with Crippen molar-refractivity contribution in [3.8, 4) is 0 Å². The maximum Gasteiger partial charge on any atom is 0.370 e. The van der Waals surface area contributed by atoms with Gasteiger partial charge in [0, 0.05) is 0 Å². The zero-order valence-corrected chi connectivity index (χ0v) is 10.8. The van der Waals surface area contributed by atoms with Crippen LogP contribution in [0.25, 0.3) is 0 Å². The number of carbonyl (C=O) groups excluding carboxylic acids is 1. The Hall–Kier alpha value is -1.72. The van der Waals surface area contributed by atoms with E-state index in [4.69, 9.17) is 20.1 Å². The number of aliphatic hydroxyl groups excluding tert-OH is 5. The second-order valence-corrected chi connectivity index (χ2v) is 4.40. The Morgan fingerprint density at radius 3 is 2.43 bits per heavy atom. The quantitative estimate of drug-likeness (QED) is 0.257. The van der Waals surface area contributed by atoms with Crippen LogP contribution in [0.5, 0.6) is 0 Å². The van der Waals surface area contributed by atoms with Crippen molar-refractivity contribution in [2.24, 2.45) is 0 Å². The predicted molar refractivity (Wildman–Crippen MR) is 64.7 cm³/mol. The lowest BCUT2D eigenvalue weighted by Gasteiger charge is -2.38. The van der Waals surface area contributed by atoms with Crippen molar-refractivity contribution in [1.82, 2.24) is 5.32 Å². The standard InChI is InChI=1S/C11H17NO9/c13-2-5(16)9(18)10-8(12-7(17)3-14)4(15)1-6(21-10)11(19)20/h1,4-5,8-10,13-16,18H,2-3H2,(H,12,17)(H,19,20)/t4-,5+,8+,9-,10+/m0/s1. The molecule has 10 nitrogen and oxygen atoms in total. The Labute approximate surface area is 118 Å². The third-order valence-corrected chi connectivity index (χ3v) is 2.91. The van der Waals surface area contributed by atoms with E-state index in [1.54, 1.807) is 0 Å². The van der Waals surface area contributed by atoms with Crippen molar-refractivity contribution >= 4 is 11.9 Å². The number of hydrogen-bond acceptors (Lipinski definition) is 8. The molecule has 0 aliphatic carbocycles. The van der Waals surface area contributed by atoms with Crippen molar-refractivity contribution in [3.05, 3.63) is 11.8 Å². The molecule has 120 valence electrons.